The molecule has 1 atom stereocenters. The summed E-state index contributed by atoms with van der Waals surface area (Å²) in [5, 5.41) is 16.8. The fraction of sp³-hybridized carbons (Fsp3) is 0.323. The third-order valence-electron chi connectivity index (χ3n) is 6.73. The molecule has 0 aliphatic heterocycles. The molecule has 0 amide bonds. The number of para-hydroxylation sites is 1. The van der Waals surface area contributed by atoms with E-state index in [2.05, 4.69) is 18.9 Å². The average Bonchev–Trinajstić information content (AvgIpc) is 2.93. The minimum atomic E-state index is -0.549. The Kier molecular flexibility index (Phi) is 9.08. The summed E-state index contributed by atoms with van der Waals surface area (Å²) >= 11 is 6.42. The van der Waals surface area contributed by atoms with Crippen molar-refractivity contribution in [1.82, 2.24) is 9.66 Å². The van der Waals surface area contributed by atoms with Gasteiger partial charge in [-0.2, -0.15) is 9.78 Å². The molecule has 0 unspecified atom stereocenters. The van der Waals surface area contributed by atoms with E-state index in [4.69, 9.17) is 26.1 Å². The summed E-state index contributed by atoms with van der Waals surface area (Å²) < 4.78 is 12.8. The molecule has 0 bridgehead atoms. The van der Waals surface area contributed by atoms with Crippen LogP contribution in [0.1, 0.15) is 63.6 Å². The first-order valence-electron chi connectivity index (χ1n) is 13.5. The number of nitro benzene ring substituents is 1. The maximum Gasteiger partial charge on any atom is 0.313 e. The van der Waals surface area contributed by atoms with Crippen LogP contribution in [0.15, 0.2) is 58.4 Å². The van der Waals surface area contributed by atoms with Crippen LogP contribution in [0, 0.1) is 17.0 Å². The van der Waals surface area contributed by atoms with Crippen LogP contribution in [0.5, 0.6) is 11.5 Å². The van der Waals surface area contributed by atoms with E-state index in [1.807, 2.05) is 45.9 Å². The Morgan fingerprint density at radius 2 is 1.88 bits per heavy atom. The Balaban J connectivity index is 1.93. The largest absolute Gasteiger partial charge is 0.494 e. The summed E-state index contributed by atoms with van der Waals surface area (Å²) in [6.45, 7) is 12.2. The number of halogens is 1. The van der Waals surface area contributed by atoms with Crippen LogP contribution in [-0.4, -0.2) is 33.5 Å². The minimum absolute atomic E-state index is 0.000350. The highest BCUT2D eigenvalue weighted by Crippen LogP contribution is 2.37. The third-order valence-corrected chi connectivity index (χ3v) is 7.01. The zero-order chi connectivity index (χ0) is 29.8. The number of hydrogen-bond donors (Lipinski definition) is 0. The number of hydrogen-bond acceptors (Lipinski definition) is 7. The van der Waals surface area contributed by atoms with Gasteiger partial charge in [0, 0.05) is 17.2 Å². The van der Waals surface area contributed by atoms with Gasteiger partial charge in [-0.3, -0.25) is 14.9 Å². The minimum Gasteiger partial charge on any atom is -0.494 e. The molecule has 0 N–H and O–H groups in total. The van der Waals surface area contributed by atoms with Crippen molar-refractivity contribution in [2.45, 2.75) is 60.0 Å². The molecular formula is C31H33ClN4O5. The zero-order valence-corrected chi connectivity index (χ0v) is 24.7. The van der Waals surface area contributed by atoms with E-state index < -0.39 is 4.92 Å². The molecule has 0 aliphatic rings. The van der Waals surface area contributed by atoms with Crippen molar-refractivity contribution in [3.05, 3.63) is 90.7 Å². The second-order valence-electron chi connectivity index (χ2n) is 10.1. The van der Waals surface area contributed by atoms with E-state index >= 15 is 0 Å². The number of fused-ring (bicyclic) bond motifs is 1. The Morgan fingerprint density at radius 1 is 1.15 bits per heavy atom. The van der Waals surface area contributed by atoms with Crippen LogP contribution < -0.4 is 15.0 Å². The normalized spacial score (nSPS) is 12.3. The van der Waals surface area contributed by atoms with Crippen LogP contribution in [-0.2, 0) is 0 Å². The van der Waals surface area contributed by atoms with Crippen LogP contribution in [0.4, 0.5) is 5.69 Å². The number of nitro groups is 1. The molecule has 0 saturated heterocycles. The smallest absolute Gasteiger partial charge is 0.313 e. The maximum absolute atomic E-state index is 13.7. The number of ether oxygens (including phenoxy) is 2. The molecule has 0 aliphatic carbocycles. The van der Waals surface area contributed by atoms with Crippen LogP contribution in [0.25, 0.3) is 22.3 Å². The Morgan fingerprint density at radius 3 is 2.54 bits per heavy atom. The molecule has 0 saturated carbocycles. The maximum atomic E-state index is 13.7. The second kappa shape index (κ2) is 12.5. The Bertz CT molecular complexity index is 1700. The monoisotopic (exact) mass is 576 g/mol. The lowest BCUT2D eigenvalue weighted by Gasteiger charge is -2.18. The highest BCUT2D eigenvalue weighted by molar-refractivity contribution is 6.32. The predicted molar refractivity (Wildman–Crippen MR) is 163 cm³/mol. The van der Waals surface area contributed by atoms with E-state index in [1.54, 1.807) is 18.2 Å². The standard InChI is InChI=1S/C31H33ClN4O5/c1-7-20(6)41-29-25(32)14-21(15-27(29)36(38)39)17-33-35-30(34-26-12-10-9-11-22(26)31(35)37)24-16-23(18(3)4)28(40-8-2)13-19(24)5/h9-18,20H,7-8H2,1-6H3/t20-/m1/s1. The molecule has 4 rings (SSSR count). The van der Waals surface area contributed by atoms with Crippen molar-refractivity contribution in [1.29, 1.82) is 0 Å². The SMILES string of the molecule is CCOc1cc(C)c(-c2nc3ccccc3c(=O)n2N=Cc2cc(Cl)c(O[C@H](C)CC)c([N+](=O)[O-])c2)cc1C(C)C. The molecule has 0 spiro atoms. The summed E-state index contributed by atoms with van der Waals surface area (Å²) in [5.74, 6) is 1.27. The van der Waals surface area contributed by atoms with Crippen molar-refractivity contribution in [3.8, 4) is 22.9 Å². The van der Waals surface area contributed by atoms with Crippen LogP contribution >= 0.6 is 11.6 Å². The van der Waals surface area contributed by atoms with E-state index in [-0.39, 0.29) is 34.0 Å². The molecule has 1 aromatic heterocycles. The quantitative estimate of drug-likeness (QED) is 0.110. The molecule has 9 nitrogen and oxygen atoms in total. The molecule has 3 aromatic carbocycles. The van der Waals surface area contributed by atoms with Crippen molar-refractivity contribution >= 4 is 34.4 Å². The predicted octanol–water partition coefficient (Wildman–Crippen LogP) is 7.52. The topological polar surface area (TPSA) is 109 Å². The first kappa shape index (κ1) is 29.7. The van der Waals surface area contributed by atoms with Gasteiger partial charge in [-0.1, -0.05) is 44.5 Å². The lowest BCUT2D eigenvalue weighted by Crippen LogP contribution is -2.21. The molecule has 4 aromatic rings. The van der Waals surface area contributed by atoms with Gasteiger partial charge >= 0.3 is 5.69 Å². The van der Waals surface area contributed by atoms with Gasteiger partial charge in [0.05, 0.1) is 39.8 Å². The first-order chi connectivity index (χ1) is 19.5. The summed E-state index contributed by atoms with van der Waals surface area (Å²) in [5.41, 5.74) is 2.75. The summed E-state index contributed by atoms with van der Waals surface area (Å²) in [7, 11) is 0. The highest BCUT2D eigenvalue weighted by Gasteiger charge is 2.23. The lowest BCUT2D eigenvalue weighted by molar-refractivity contribution is -0.386. The summed E-state index contributed by atoms with van der Waals surface area (Å²) in [4.78, 5) is 29.9. The van der Waals surface area contributed by atoms with Gasteiger partial charge in [-0.05, 0) is 74.6 Å². The van der Waals surface area contributed by atoms with Gasteiger partial charge in [0.1, 0.15) is 5.75 Å². The number of aromatic nitrogens is 2. The van der Waals surface area contributed by atoms with E-state index in [0.717, 1.165) is 22.4 Å². The van der Waals surface area contributed by atoms with E-state index in [0.29, 0.717) is 35.3 Å². The van der Waals surface area contributed by atoms with Gasteiger partial charge in [-0.15, -0.1) is 0 Å². The summed E-state index contributed by atoms with van der Waals surface area (Å²) in [6, 6.07) is 13.8. The van der Waals surface area contributed by atoms with Crippen molar-refractivity contribution in [3.63, 3.8) is 0 Å². The second-order valence-corrected chi connectivity index (χ2v) is 10.5. The number of rotatable bonds is 10. The summed E-state index contributed by atoms with van der Waals surface area (Å²) in [6.07, 6.45) is 1.75. The molecule has 214 valence electrons. The van der Waals surface area contributed by atoms with E-state index in [1.165, 1.54) is 23.0 Å². The Labute approximate surface area is 243 Å². The fourth-order valence-corrected chi connectivity index (χ4v) is 4.68. The Hall–Kier alpha value is -4.24. The third kappa shape index (κ3) is 6.25. The number of aryl methyl sites for hydroxylation is 1. The molecule has 0 fully saturated rings. The zero-order valence-electron chi connectivity index (χ0n) is 24.0. The van der Waals surface area contributed by atoms with Gasteiger partial charge in [0.25, 0.3) is 5.56 Å². The van der Waals surface area contributed by atoms with Crippen LogP contribution in [0.3, 0.4) is 0 Å². The van der Waals surface area contributed by atoms with Crippen molar-refractivity contribution in [2.24, 2.45) is 5.10 Å². The molecular weight excluding hydrogens is 544 g/mol. The van der Waals surface area contributed by atoms with Gasteiger partial charge in [0.2, 0.25) is 5.75 Å². The molecule has 0 radical (unpaired) electrons. The van der Waals surface area contributed by atoms with E-state index in [9.17, 15) is 14.9 Å². The van der Waals surface area contributed by atoms with Gasteiger partial charge < -0.3 is 9.47 Å². The number of benzene rings is 3. The molecule has 1 heterocycles. The first-order valence-corrected chi connectivity index (χ1v) is 13.9. The average molecular weight is 577 g/mol. The van der Waals surface area contributed by atoms with Crippen molar-refractivity contribution in [2.75, 3.05) is 6.61 Å². The molecule has 10 heteroatoms. The van der Waals surface area contributed by atoms with Gasteiger partial charge in [0.15, 0.2) is 5.82 Å². The van der Waals surface area contributed by atoms with Crippen LogP contribution in [0.2, 0.25) is 5.02 Å². The lowest BCUT2D eigenvalue weighted by atomic mass is 9.96. The fourth-order valence-electron chi connectivity index (χ4n) is 4.41. The number of nitrogens with zero attached hydrogens (tertiary/aromatic N) is 4. The highest BCUT2D eigenvalue weighted by atomic mass is 35.5. The van der Waals surface area contributed by atoms with Crippen molar-refractivity contribution < 1.29 is 14.4 Å². The molecule has 41 heavy (non-hydrogen) atoms. The van der Waals surface area contributed by atoms with Gasteiger partial charge in [-0.25, -0.2) is 4.98 Å².